The zero-order valence-corrected chi connectivity index (χ0v) is 14.9. The van der Waals surface area contributed by atoms with Gasteiger partial charge in [0.05, 0.1) is 11.3 Å². The standard InChI is InChI=1S/C21H17F3N2O2/c22-14-6-4-13(5-7-14)18-19(25-10-2-1-3-11-25)21(28)26(20(18)27)17-9-8-15(23)12-16(17)24/h4-9,12H,1-3,10-11H2. The van der Waals surface area contributed by atoms with E-state index in [1.54, 1.807) is 0 Å². The predicted octanol–water partition coefficient (Wildman–Crippen LogP) is 3.87. The predicted molar refractivity (Wildman–Crippen MR) is 97.6 cm³/mol. The third-order valence-electron chi connectivity index (χ3n) is 5.02. The van der Waals surface area contributed by atoms with Crippen LogP contribution in [0.4, 0.5) is 18.9 Å². The van der Waals surface area contributed by atoms with Crippen molar-refractivity contribution in [3.63, 3.8) is 0 Å². The Morgan fingerprint density at radius 2 is 1.39 bits per heavy atom. The lowest BCUT2D eigenvalue weighted by Crippen LogP contribution is -2.37. The van der Waals surface area contributed by atoms with Gasteiger partial charge in [-0.3, -0.25) is 9.59 Å². The van der Waals surface area contributed by atoms with Crippen molar-refractivity contribution in [3.8, 4) is 0 Å². The summed E-state index contributed by atoms with van der Waals surface area (Å²) in [5.41, 5.74) is 0.365. The molecule has 0 radical (unpaired) electrons. The van der Waals surface area contributed by atoms with E-state index in [2.05, 4.69) is 0 Å². The fourth-order valence-electron chi connectivity index (χ4n) is 3.69. The van der Waals surface area contributed by atoms with Crippen LogP contribution in [0.1, 0.15) is 24.8 Å². The van der Waals surface area contributed by atoms with Crippen LogP contribution in [-0.2, 0) is 9.59 Å². The Kier molecular flexibility index (Phi) is 4.66. The van der Waals surface area contributed by atoms with Gasteiger partial charge in [0.2, 0.25) is 0 Å². The zero-order chi connectivity index (χ0) is 19.8. The molecule has 4 rings (SSSR count). The van der Waals surface area contributed by atoms with Crippen LogP contribution < -0.4 is 4.90 Å². The van der Waals surface area contributed by atoms with E-state index in [0.29, 0.717) is 24.7 Å². The number of anilines is 1. The molecule has 4 nitrogen and oxygen atoms in total. The number of carbonyl (C=O) groups is 2. The lowest BCUT2D eigenvalue weighted by molar-refractivity contribution is -0.120. The van der Waals surface area contributed by atoms with E-state index in [0.717, 1.165) is 36.3 Å². The number of likely N-dealkylation sites (tertiary alicyclic amines) is 1. The Bertz CT molecular complexity index is 980. The summed E-state index contributed by atoms with van der Waals surface area (Å²) in [7, 11) is 0. The van der Waals surface area contributed by atoms with Crippen molar-refractivity contribution >= 4 is 23.1 Å². The SMILES string of the molecule is O=C1C(c2ccc(F)cc2)=C(N2CCCCC2)C(=O)N1c1ccc(F)cc1F. The van der Waals surface area contributed by atoms with E-state index in [9.17, 15) is 22.8 Å². The van der Waals surface area contributed by atoms with Crippen molar-refractivity contribution in [1.29, 1.82) is 0 Å². The van der Waals surface area contributed by atoms with Crippen LogP contribution in [-0.4, -0.2) is 29.8 Å². The second-order valence-electron chi connectivity index (χ2n) is 6.82. The lowest BCUT2D eigenvalue weighted by atomic mass is 10.0. The van der Waals surface area contributed by atoms with Crippen molar-refractivity contribution in [2.24, 2.45) is 0 Å². The number of hydrogen-bond acceptors (Lipinski definition) is 3. The molecule has 2 aliphatic heterocycles. The minimum absolute atomic E-state index is 0.107. The topological polar surface area (TPSA) is 40.6 Å². The Hall–Kier alpha value is -3.09. The van der Waals surface area contributed by atoms with Gasteiger partial charge >= 0.3 is 0 Å². The molecule has 0 N–H and O–H groups in total. The molecule has 0 atom stereocenters. The third-order valence-corrected chi connectivity index (χ3v) is 5.02. The number of benzene rings is 2. The second kappa shape index (κ2) is 7.14. The molecule has 0 unspecified atom stereocenters. The van der Waals surface area contributed by atoms with Gasteiger partial charge in [-0.15, -0.1) is 0 Å². The molecule has 28 heavy (non-hydrogen) atoms. The summed E-state index contributed by atoms with van der Waals surface area (Å²) in [6.45, 7) is 1.19. The summed E-state index contributed by atoms with van der Waals surface area (Å²) in [6.07, 6.45) is 2.76. The van der Waals surface area contributed by atoms with Crippen LogP contribution in [0.5, 0.6) is 0 Å². The largest absolute Gasteiger partial charge is 0.366 e. The molecule has 0 aromatic heterocycles. The Morgan fingerprint density at radius 1 is 0.750 bits per heavy atom. The van der Waals surface area contributed by atoms with Crippen LogP contribution in [0.2, 0.25) is 0 Å². The number of rotatable bonds is 3. The van der Waals surface area contributed by atoms with Crippen LogP contribution in [0, 0.1) is 17.5 Å². The monoisotopic (exact) mass is 386 g/mol. The summed E-state index contributed by atoms with van der Waals surface area (Å²) in [4.78, 5) is 28.9. The Labute approximate surface area is 159 Å². The van der Waals surface area contributed by atoms with E-state index >= 15 is 0 Å². The number of nitrogens with zero attached hydrogens (tertiary/aromatic N) is 2. The molecule has 144 valence electrons. The number of amides is 2. The molecule has 0 bridgehead atoms. The highest BCUT2D eigenvalue weighted by molar-refractivity contribution is 6.45. The molecule has 1 saturated heterocycles. The van der Waals surface area contributed by atoms with Gasteiger partial charge in [0.1, 0.15) is 23.1 Å². The van der Waals surface area contributed by atoms with Crippen LogP contribution in [0.15, 0.2) is 48.2 Å². The van der Waals surface area contributed by atoms with E-state index < -0.39 is 29.3 Å². The molecule has 0 aliphatic carbocycles. The van der Waals surface area contributed by atoms with Crippen LogP contribution in [0.3, 0.4) is 0 Å². The van der Waals surface area contributed by atoms with Gasteiger partial charge in [-0.05, 0) is 49.1 Å². The molecular weight excluding hydrogens is 369 g/mol. The molecule has 2 aromatic carbocycles. The molecule has 2 aliphatic rings. The zero-order valence-electron chi connectivity index (χ0n) is 14.9. The quantitative estimate of drug-likeness (QED) is 0.752. The first-order chi connectivity index (χ1) is 13.5. The van der Waals surface area contributed by atoms with Crippen molar-refractivity contribution in [3.05, 3.63) is 71.2 Å². The average Bonchev–Trinajstić information content (AvgIpc) is 2.94. The highest BCUT2D eigenvalue weighted by atomic mass is 19.1. The van der Waals surface area contributed by atoms with Gasteiger partial charge < -0.3 is 4.90 Å². The van der Waals surface area contributed by atoms with Crippen molar-refractivity contribution in [1.82, 2.24) is 4.90 Å². The van der Waals surface area contributed by atoms with Gasteiger partial charge in [-0.1, -0.05) is 12.1 Å². The molecular formula is C21H17F3N2O2. The minimum Gasteiger partial charge on any atom is -0.366 e. The molecule has 0 spiro atoms. The summed E-state index contributed by atoms with van der Waals surface area (Å²) in [6, 6.07) is 7.95. The van der Waals surface area contributed by atoms with E-state index in [1.165, 1.54) is 24.3 Å². The highest BCUT2D eigenvalue weighted by Crippen LogP contribution is 2.36. The first kappa shape index (κ1) is 18.3. The van der Waals surface area contributed by atoms with Crippen LogP contribution in [0.25, 0.3) is 5.57 Å². The van der Waals surface area contributed by atoms with Gasteiger partial charge in [0, 0.05) is 19.2 Å². The summed E-state index contributed by atoms with van der Waals surface area (Å²) >= 11 is 0. The summed E-state index contributed by atoms with van der Waals surface area (Å²) < 4.78 is 41.0. The van der Waals surface area contributed by atoms with E-state index in [-0.39, 0.29) is 17.0 Å². The van der Waals surface area contributed by atoms with Crippen molar-refractivity contribution in [2.75, 3.05) is 18.0 Å². The molecule has 2 amide bonds. The van der Waals surface area contributed by atoms with Crippen molar-refractivity contribution in [2.45, 2.75) is 19.3 Å². The Morgan fingerprint density at radius 3 is 2.04 bits per heavy atom. The number of hydrogen-bond donors (Lipinski definition) is 0. The smallest absolute Gasteiger partial charge is 0.282 e. The third kappa shape index (κ3) is 3.06. The van der Waals surface area contributed by atoms with Gasteiger partial charge in [0.15, 0.2) is 0 Å². The number of halogens is 3. The fourth-order valence-corrected chi connectivity index (χ4v) is 3.69. The normalized spacial score (nSPS) is 17.7. The summed E-state index contributed by atoms with van der Waals surface area (Å²) in [5, 5.41) is 0. The minimum atomic E-state index is -1.000. The maximum absolute atomic E-state index is 14.3. The molecule has 1 fully saturated rings. The summed E-state index contributed by atoms with van der Waals surface area (Å²) in [5.74, 6) is -3.63. The van der Waals surface area contributed by atoms with Gasteiger partial charge in [-0.25, -0.2) is 18.1 Å². The van der Waals surface area contributed by atoms with E-state index in [1.807, 2.05) is 4.90 Å². The first-order valence-electron chi connectivity index (χ1n) is 9.06. The number of carbonyl (C=O) groups excluding carboxylic acids is 2. The maximum atomic E-state index is 14.3. The second-order valence-corrected chi connectivity index (χ2v) is 6.82. The first-order valence-corrected chi connectivity index (χ1v) is 9.06. The number of piperidine rings is 1. The highest BCUT2D eigenvalue weighted by Gasteiger charge is 2.43. The van der Waals surface area contributed by atoms with E-state index in [4.69, 9.17) is 0 Å². The van der Waals surface area contributed by atoms with Gasteiger partial charge in [-0.2, -0.15) is 0 Å². The van der Waals surface area contributed by atoms with Crippen LogP contribution >= 0.6 is 0 Å². The average molecular weight is 386 g/mol. The lowest BCUT2D eigenvalue weighted by Gasteiger charge is -2.29. The fraction of sp³-hybridized carbons (Fsp3) is 0.238. The molecule has 2 heterocycles. The molecule has 2 aromatic rings. The Balaban J connectivity index is 1.84. The van der Waals surface area contributed by atoms with Crippen molar-refractivity contribution < 1.29 is 22.8 Å². The molecule has 0 saturated carbocycles. The number of imide groups is 1. The maximum Gasteiger partial charge on any atom is 0.282 e. The van der Waals surface area contributed by atoms with Gasteiger partial charge in [0.25, 0.3) is 11.8 Å². The molecule has 7 heteroatoms.